The topological polar surface area (TPSA) is 74.8 Å². The summed E-state index contributed by atoms with van der Waals surface area (Å²) in [6.45, 7) is 5.28. The Bertz CT molecular complexity index is 619. The summed E-state index contributed by atoms with van der Waals surface area (Å²) in [4.78, 5) is 32.5. The summed E-state index contributed by atoms with van der Waals surface area (Å²) in [7, 11) is 0. The van der Waals surface area contributed by atoms with Crippen molar-refractivity contribution in [2.45, 2.75) is 51.5 Å². The fraction of sp³-hybridized carbons (Fsp3) is 0.650. The summed E-state index contributed by atoms with van der Waals surface area (Å²) in [5.74, 6) is 0.857. The summed E-state index contributed by atoms with van der Waals surface area (Å²) in [6, 6.07) is 4.01. The third-order valence-electron chi connectivity index (χ3n) is 5.28. The van der Waals surface area contributed by atoms with Crippen LogP contribution in [0, 0.1) is 0 Å². The molecule has 0 atom stereocenters. The Morgan fingerprint density at radius 2 is 1.78 bits per heavy atom. The number of carbonyl (C=O) groups excluding carboxylic acids is 2. The van der Waals surface area contributed by atoms with Crippen LogP contribution in [-0.4, -0.2) is 65.6 Å². The summed E-state index contributed by atoms with van der Waals surface area (Å²) in [6.07, 6.45) is 7.74. The lowest BCUT2D eigenvalue weighted by molar-refractivity contribution is 0.0761. The van der Waals surface area contributed by atoms with Crippen molar-refractivity contribution in [2.24, 2.45) is 0 Å². The highest BCUT2D eigenvalue weighted by molar-refractivity contribution is 5.94. The van der Waals surface area contributed by atoms with E-state index in [1.165, 1.54) is 12.8 Å². The van der Waals surface area contributed by atoms with Gasteiger partial charge >= 0.3 is 6.09 Å². The maximum absolute atomic E-state index is 12.6. The van der Waals surface area contributed by atoms with Gasteiger partial charge in [-0.1, -0.05) is 12.8 Å². The van der Waals surface area contributed by atoms with E-state index >= 15 is 0 Å². The number of hydrogen-bond acceptors (Lipinski definition) is 5. The van der Waals surface area contributed by atoms with Gasteiger partial charge in [-0.3, -0.25) is 4.79 Å². The standard InChI is InChI=1S/C20H30N4O3/c1-2-27-20(26)24-13-9-17(10-14-24)22-18-8-7-16(15-21-18)19(25)23-11-5-3-4-6-12-23/h7-8,15,17H,2-6,9-14H2,1H3,(H,21,22). The first-order valence-corrected chi connectivity index (χ1v) is 10.1. The molecule has 2 aliphatic rings. The number of rotatable bonds is 4. The third kappa shape index (κ3) is 5.34. The van der Waals surface area contributed by atoms with Crippen LogP contribution in [0.5, 0.6) is 0 Å². The second-order valence-corrected chi connectivity index (χ2v) is 7.24. The minimum Gasteiger partial charge on any atom is -0.450 e. The number of anilines is 1. The molecular weight excluding hydrogens is 344 g/mol. The maximum Gasteiger partial charge on any atom is 0.409 e. The predicted molar refractivity (Wildman–Crippen MR) is 104 cm³/mol. The van der Waals surface area contributed by atoms with Crippen LogP contribution in [0.2, 0.25) is 0 Å². The van der Waals surface area contributed by atoms with Gasteiger partial charge < -0.3 is 19.9 Å². The number of piperidine rings is 1. The van der Waals surface area contributed by atoms with E-state index in [0.29, 0.717) is 25.3 Å². The summed E-state index contributed by atoms with van der Waals surface area (Å²) in [5, 5.41) is 3.41. The molecule has 2 amide bonds. The number of nitrogens with zero attached hydrogens (tertiary/aromatic N) is 3. The van der Waals surface area contributed by atoms with Gasteiger partial charge in [-0.05, 0) is 44.7 Å². The molecule has 7 nitrogen and oxygen atoms in total. The van der Waals surface area contributed by atoms with Crippen molar-refractivity contribution < 1.29 is 14.3 Å². The van der Waals surface area contributed by atoms with E-state index in [4.69, 9.17) is 4.74 Å². The van der Waals surface area contributed by atoms with Crippen LogP contribution in [0.4, 0.5) is 10.6 Å². The molecule has 27 heavy (non-hydrogen) atoms. The zero-order chi connectivity index (χ0) is 19.1. The van der Waals surface area contributed by atoms with Gasteiger partial charge in [0.25, 0.3) is 5.91 Å². The smallest absolute Gasteiger partial charge is 0.409 e. The Balaban J connectivity index is 1.49. The predicted octanol–water partition coefficient (Wildman–Crippen LogP) is 3.13. The molecule has 0 spiro atoms. The normalized spacial score (nSPS) is 18.7. The lowest BCUT2D eigenvalue weighted by Gasteiger charge is -2.31. The third-order valence-corrected chi connectivity index (χ3v) is 5.28. The molecule has 0 saturated carbocycles. The van der Waals surface area contributed by atoms with Crippen LogP contribution in [0.15, 0.2) is 18.3 Å². The molecule has 7 heteroatoms. The van der Waals surface area contributed by atoms with E-state index in [-0.39, 0.29) is 18.0 Å². The molecule has 0 bridgehead atoms. The average Bonchev–Trinajstić information content (AvgIpc) is 2.98. The van der Waals surface area contributed by atoms with Gasteiger partial charge in [0.1, 0.15) is 5.82 Å². The highest BCUT2D eigenvalue weighted by Crippen LogP contribution is 2.18. The minimum atomic E-state index is -0.231. The van der Waals surface area contributed by atoms with Gasteiger partial charge in [0.2, 0.25) is 0 Å². The van der Waals surface area contributed by atoms with Crippen LogP contribution in [0.3, 0.4) is 0 Å². The fourth-order valence-corrected chi connectivity index (χ4v) is 3.69. The number of carbonyl (C=O) groups is 2. The van der Waals surface area contributed by atoms with E-state index in [2.05, 4.69) is 10.3 Å². The summed E-state index contributed by atoms with van der Waals surface area (Å²) >= 11 is 0. The van der Waals surface area contributed by atoms with Crippen molar-refractivity contribution in [3.8, 4) is 0 Å². The maximum atomic E-state index is 12.6. The monoisotopic (exact) mass is 374 g/mol. The molecule has 1 N–H and O–H groups in total. The fourth-order valence-electron chi connectivity index (χ4n) is 3.69. The Labute approximate surface area is 161 Å². The number of likely N-dealkylation sites (tertiary alicyclic amines) is 2. The highest BCUT2D eigenvalue weighted by Gasteiger charge is 2.24. The molecule has 0 aliphatic carbocycles. The second kappa shape index (κ2) is 9.58. The summed E-state index contributed by atoms with van der Waals surface area (Å²) in [5.41, 5.74) is 0.652. The zero-order valence-electron chi connectivity index (χ0n) is 16.2. The van der Waals surface area contributed by atoms with E-state index in [1.807, 2.05) is 24.0 Å². The first kappa shape index (κ1) is 19.5. The SMILES string of the molecule is CCOC(=O)N1CCC(Nc2ccc(C(=O)N3CCCCCC3)cn2)CC1. The van der Waals surface area contributed by atoms with Crippen molar-refractivity contribution in [1.82, 2.24) is 14.8 Å². The number of hydrogen-bond donors (Lipinski definition) is 1. The Kier molecular flexibility index (Phi) is 6.90. The minimum absolute atomic E-state index is 0.0821. The molecule has 3 heterocycles. The molecule has 3 rings (SSSR count). The van der Waals surface area contributed by atoms with Crippen molar-refractivity contribution in [1.29, 1.82) is 0 Å². The molecule has 0 aromatic carbocycles. The van der Waals surface area contributed by atoms with Crippen molar-refractivity contribution in [3.05, 3.63) is 23.9 Å². The van der Waals surface area contributed by atoms with Gasteiger partial charge in [0.05, 0.1) is 12.2 Å². The molecule has 1 aromatic rings. The molecule has 148 valence electrons. The largest absolute Gasteiger partial charge is 0.450 e. The lowest BCUT2D eigenvalue weighted by atomic mass is 10.1. The lowest BCUT2D eigenvalue weighted by Crippen LogP contribution is -2.42. The quantitative estimate of drug-likeness (QED) is 0.876. The van der Waals surface area contributed by atoms with Crippen molar-refractivity contribution in [2.75, 3.05) is 38.1 Å². The second-order valence-electron chi connectivity index (χ2n) is 7.24. The van der Waals surface area contributed by atoms with E-state index in [1.54, 1.807) is 11.1 Å². The highest BCUT2D eigenvalue weighted by atomic mass is 16.6. The van der Waals surface area contributed by atoms with Crippen LogP contribution < -0.4 is 5.32 Å². The van der Waals surface area contributed by atoms with Gasteiger partial charge in [-0.15, -0.1) is 0 Å². The number of ether oxygens (including phenoxy) is 1. The van der Waals surface area contributed by atoms with Crippen LogP contribution in [0.1, 0.15) is 55.8 Å². The molecule has 0 radical (unpaired) electrons. The molecule has 2 saturated heterocycles. The summed E-state index contributed by atoms with van der Waals surface area (Å²) < 4.78 is 5.05. The van der Waals surface area contributed by atoms with Crippen LogP contribution >= 0.6 is 0 Å². The van der Waals surface area contributed by atoms with Gasteiger partial charge in [-0.25, -0.2) is 9.78 Å². The Morgan fingerprint density at radius 3 is 2.37 bits per heavy atom. The molecule has 2 fully saturated rings. The average molecular weight is 374 g/mol. The molecule has 2 aliphatic heterocycles. The number of aromatic nitrogens is 1. The van der Waals surface area contributed by atoms with Gasteiger partial charge in [0, 0.05) is 38.4 Å². The van der Waals surface area contributed by atoms with Gasteiger partial charge in [0.15, 0.2) is 0 Å². The van der Waals surface area contributed by atoms with E-state index < -0.39 is 0 Å². The Morgan fingerprint density at radius 1 is 1.07 bits per heavy atom. The molecule has 1 aromatic heterocycles. The first-order chi connectivity index (χ1) is 13.2. The number of nitrogens with one attached hydrogen (secondary N) is 1. The van der Waals surface area contributed by atoms with Crippen molar-refractivity contribution >= 4 is 17.8 Å². The van der Waals surface area contributed by atoms with Crippen molar-refractivity contribution in [3.63, 3.8) is 0 Å². The Hall–Kier alpha value is -2.31. The van der Waals surface area contributed by atoms with E-state index in [0.717, 1.165) is 44.6 Å². The molecule has 0 unspecified atom stereocenters. The van der Waals surface area contributed by atoms with Crippen LogP contribution in [-0.2, 0) is 4.74 Å². The molecular formula is C20H30N4O3. The zero-order valence-corrected chi connectivity index (χ0v) is 16.2. The first-order valence-electron chi connectivity index (χ1n) is 10.1. The van der Waals surface area contributed by atoms with E-state index in [9.17, 15) is 9.59 Å². The number of amides is 2. The van der Waals surface area contributed by atoms with Gasteiger partial charge in [-0.2, -0.15) is 0 Å². The number of pyridine rings is 1. The van der Waals surface area contributed by atoms with Crippen LogP contribution in [0.25, 0.3) is 0 Å².